The van der Waals surface area contributed by atoms with Crippen LogP contribution in [0.2, 0.25) is 5.02 Å². The zero-order valence-corrected chi connectivity index (χ0v) is 12.2. The van der Waals surface area contributed by atoms with Gasteiger partial charge in [-0.25, -0.2) is 0 Å². The van der Waals surface area contributed by atoms with Crippen LogP contribution in [0.4, 0.5) is 0 Å². The molecule has 104 valence electrons. The first-order chi connectivity index (χ1) is 9.58. The Morgan fingerprint density at radius 1 is 1.35 bits per heavy atom. The van der Waals surface area contributed by atoms with Gasteiger partial charge in [0.2, 0.25) is 5.91 Å². The van der Waals surface area contributed by atoms with E-state index in [-0.39, 0.29) is 11.9 Å². The molecule has 0 fully saturated rings. The van der Waals surface area contributed by atoms with Crippen LogP contribution in [0, 0.1) is 0 Å². The van der Waals surface area contributed by atoms with Crippen LogP contribution in [-0.2, 0) is 4.79 Å². The van der Waals surface area contributed by atoms with Crippen LogP contribution in [-0.4, -0.2) is 17.9 Å². The molecule has 0 N–H and O–H groups in total. The summed E-state index contributed by atoms with van der Waals surface area (Å²) in [6.07, 6.45) is 4.89. The monoisotopic (exact) mass is 289 g/mol. The minimum absolute atomic E-state index is 0.0890. The first-order valence-corrected chi connectivity index (χ1v) is 6.69. The molecule has 1 aromatic carbocycles. The number of amides is 1. The van der Waals surface area contributed by atoms with Gasteiger partial charge in [0.15, 0.2) is 0 Å². The molecule has 0 aliphatic carbocycles. The van der Waals surface area contributed by atoms with Gasteiger partial charge in [0, 0.05) is 18.1 Å². The van der Waals surface area contributed by atoms with Crippen molar-refractivity contribution in [3.8, 4) is 0 Å². The summed E-state index contributed by atoms with van der Waals surface area (Å²) in [5, 5.41) is 0.650. The van der Waals surface area contributed by atoms with Crippen molar-refractivity contribution in [1.82, 2.24) is 4.90 Å². The van der Waals surface area contributed by atoms with E-state index >= 15 is 0 Å². The molecule has 1 unspecified atom stereocenters. The van der Waals surface area contributed by atoms with Crippen molar-refractivity contribution in [2.45, 2.75) is 13.0 Å². The molecule has 3 nitrogen and oxygen atoms in total. The largest absolute Gasteiger partial charge is 0.467 e. The SMILES string of the molecule is CC(c1ccco1)N(C)C(=O)/C=C/c1cccc(Cl)c1. The fourth-order valence-electron chi connectivity index (χ4n) is 1.81. The van der Waals surface area contributed by atoms with Gasteiger partial charge in [0.1, 0.15) is 5.76 Å². The van der Waals surface area contributed by atoms with Gasteiger partial charge in [0.25, 0.3) is 0 Å². The van der Waals surface area contributed by atoms with Crippen LogP contribution < -0.4 is 0 Å². The van der Waals surface area contributed by atoms with Gasteiger partial charge in [-0.05, 0) is 42.8 Å². The second kappa shape index (κ2) is 6.44. The number of carbonyl (C=O) groups excluding carboxylic acids is 1. The molecule has 2 aromatic rings. The van der Waals surface area contributed by atoms with Crippen LogP contribution in [0.25, 0.3) is 6.08 Å². The van der Waals surface area contributed by atoms with Crippen LogP contribution >= 0.6 is 11.6 Å². The average Bonchev–Trinajstić information content (AvgIpc) is 2.97. The van der Waals surface area contributed by atoms with Crippen LogP contribution in [0.1, 0.15) is 24.3 Å². The Balaban J connectivity index is 2.04. The second-order valence-corrected chi connectivity index (χ2v) is 4.97. The summed E-state index contributed by atoms with van der Waals surface area (Å²) in [6.45, 7) is 1.92. The van der Waals surface area contributed by atoms with Gasteiger partial charge in [-0.2, -0.15) is 0 Å². The van der Waals surface area contributed by atoms with Crippen molar-refractivity contribution >= 4 is 23.6 Å². The average molecular weight is 290 g/mol. The Hall–Kier alpha value is -2.00. The summed E-state index contributed by atoms with van der Waals surface area (Å²) in [6, 6.07) is 10.9. The maximum Gasteiger partial charge on any atom is 0.246 e. The molecule has 0 spiro atoms. The number of benzene rings is 1. The van der Waals surface area contributed by atoms with Gasteiger partial charge in [0.05, 0.1) is 12.3 Å². The summed E-state index contributed by atoms with van der Waals surface area (Å²) in [7, 11) is 1.75. The van der Waals surface area contributed by atoms with E-state index in [4.69, 9.17) is 16.0 Å². The van der Waals surface area contributed by atoms with E-state index in [2.05, 4.69) is 0 Å². The summed E-state index contributed by atoms with van der Waals surface area (Å²) in [5.41, 5.74) is 0.893. The summed E-state index contributed by atoms with van der Waals surface area (Å²) in [4.78, 5) is 13.7. The molecule has 1 atom stereocenters. The fourth-order valence-corrected chi connectivity index (χ4v) is 2.00. The Labute approximate surface area is 123 Å². The highest BCUT2D eigenvalue weighted by Gasteiger charge is 2.17. The molecule has 1 aromatic heterocycles. The van der Waals surface area contributed by atoms with E-state index < -0.39 is 0 Å². The quantitative estimate of drug-likeness (QED) is 0.792. The first-order valence-electron chi connectivity index (χ1n) is 6.32. The Bertz CT molecular complexity index is 605. The molecular weight excluding hydrogens is 274 g/mol. The molecule has 1 amide bonds. The number of hydrogen-bond acceptors (Lipinski definition) is 2. The number of hydrogen-bond donors (Lipinski definition) is 0. The van der Waals surface area contributed by atoms with Crippen LogP contribution in [0.3, 0.4) is 0 Å². The van der Waals surface area contributed by atoms with Gasteiger partial charge in [-0.15, -0.1) is 0 Å². The van der Waals surface area contributed by atoms with Gasteiger partial charge < -0.3 is 9.32 Å². The van der Waals surface area contributed by atoms with E-state index in [0.29, 0.717) is 5.02 Å². The molecule has 0 aliphatic heterocycles. The zero-order chi connectivity index (χ0) is 14.5. The number of carbonyl (C=O) groups is 1. The predicted octanol–water partition coefficient (Wildman–Crippen LogP) is 4.17. The van der Waals surface area contributed by atoms with Gasteiger partial charge >= 0.3 is 0 Å². The second-order valence-electron chi connectivity index (χ2n) is 4.53. The van der Waals surface area contributed by atoms with E-state index in [1.54, 1.807) is 36.4 Å². The lowest BCUT2D eigenvalue weighted by atomic mass is 10.2. The van der Waals surface area contributed by atoms with Crippen LogP contribution in [0.15, 0.2) is 53.2 Å². The molecule has 20 heavy (non-hydrogen) atoms. The molecule has 0 saturated carbocycles. The number of halogens is 1. The summed E-state index contributed by atoms with van der Waals surface area (Å²) < 4.78 is 5.31. The maximum absolute atomic E-state index is 12.1. The first kappa shape index (κ1) is 14.4. The van der Waals surface area contributed by atoms with E-state index in [0.717, 1.165) is 11.3 Å². The molecule has 0 aliphatic rings. The van der Waals surface area contributed by atoms with Crippen molar-refractivity contribution in [3.63, 3.8) is 0 Å². The highest BCUT2D eigenvalue weighted by Crippen LogP contribution is 2.19. The third-order valence-corrected chi connectivity index (χ3v) is 3.39. The third-order valence-electron chi connectivity index (χ3n) is 3.15. The van der Waals surface area contributed by atoms with Crippen molar-refractivity contribution in [1.29, 1.82) is 0 Å². The minimum Gasteiger partial charge on any atom is -0.467 e. The highest BCUT2D eigenvalue weighted by molar-refractivity contribution is 6.30. The number of furan rings is 1. The Morgan fingerprint density at radius 2 is 2.15 bits per heavy atom. The predicted molar refractivity (Wildman–Crippen MR) is 80.4 cm³/mol. The Morgan fingerprint density at radius 3 is 2.80 bits per heavy atom. The number of rotatable bonds is 4. The summed E-state index contributed by atoms with van der Waals surface area (Å²) in [5.74, 6) is 0.672. The molecular formula is C16H16ClNO2. The molecule has 0 saturated heterocycles. The Kier molecular flexibility index (Phi) is 4.64. The standard InChI is InChI=1S/C16H16ClNO2/c1-12(15-7-4-10-20-15)18(2)16(19)9-8-13-5-3-6-14(17)11-13/h3-12H,1-2H3/b9-8+. The van der Waals surface area contributed by atoms with Gasteiger partial charge in [-0.3, -0.25) is 4.79 Å². The van der Waals surface area contributed by atoms with Crippen LogP contribution in [0.5, 0.6) is 0 Å². The zero-order valence-electron chi connectivity index (χ0n) is 11.4. The molecule has 0 bridgehead atoms. The number of nitrogens with zero attached hydrogens (tertiary/aromatic N) is 1. The van der Waals surface area contributed by atoms with E-state index in [9.17, 15) is 4.79 Å². The smallest absolute Gasteiger partial charge is 0.246 e. The molecule has 1 heterocycles. The van der Waals surface area contributed by atoms with Gasteiger partial charge in [-0.1, -0.05) is 23.7 Å². The minimum atomic E-state index is -0.110. The summed E-state index contributed by atoms with van der Waals surface area (Å²) >= 11 is 5.90. The van der Waals surface area contributed by atoms with Crippen molar-refractivity contribution in [3.05, 3.63) is 65.1 Å². The fraction of sp³-hybridized carbons (Fsp3) is 0.188. The third kappa shape index (κ3) is 3.52. The van der Waals surface area contributed by atoms with E-state index in [1.807, 2.05) is 31.2 Å². The maximum atomic E-state index is 12.1. The molecule has 4 heteroatoms. The lowest BCUT2D eigenvalue weighted by molar-refractivity contribution is -0.126. The van der Waals surface area contributed by atoms with Crippen molar-refractivity contribution in [2.24, 2.45) is 0 Å². The van der Waals surface area contributed by atoms with Crippen molar-refractivity contribution < 1.29 is 9.21 Å². The topological polar surface area (TPSA) is 33.5 Å². The van der Waals surface area contributed by atoms with Crippen molar-refractivity contribution in [2.75, 3.05) is 7.05 Å². The lowest BCUT2D eigenvalue weighted by Crippen LogP contribution is -2.27. The molecule has 0 radical (unpaired) electrons. The molecule has 2 rings (SSSR count). The van der Waals surface area contributed by atoms with E-state index in [1.165, 1.54) is 6.08 Å². The number of likely N-dealkylation sites (N-methyl/N-ethyl adjacent to an activating group) is 1. The highest BCUT2D eigenvalue weighted by atomic mass is 35.5. The normalized spacial score (nSPS) is 12.6. The lowest BCUT2D eigenvalue weighted by Gasteiger charge is -2.21.